The van der Waals surface area contributed by atoms with Gasteiger partial charge >= 0.3 is 0 Å². The second-order valence-corrected chi connectivity index (χ2v) is 5.72. The zero-order valence-corrected chi connectivity index (χ0v) is 14.3. The Morgan fingerprint density at radius 2 is 2.20 bits per heavy atom. The largest absolute Gasteiger partial charge is 0.491 e. The highest BCUT2D eigenvalue weighted by molar-refractivity contribution is 9.10. The van der Waals surface area contributed by atoms with E-state index in [1.54, 1.807) is 7.11 Å². The van der Waals surface area contributed by atoms with Gasteiger partial charge in [-0.1, -0.05) is 11.6 Å². The Kier molecular flexibility index (Phi) is 8.30. The molecule has 0 bridgehead atoms. The van der Waals surface area contributed by atoms with Crippen LogP contribution >= 0.6 is 27.5 Å². The van der Waals surface area contributed by atoms with Crippen LogP contribution in [0.5, 0.6) is 5.75 Å². The standard InChI is InChI=1S/C14H22BrClN2O2/c1-3-20-14-12(15)7-10(16)8-13(14)18-11(9-19-2)5-4-6-17/h7-8,11,18H,3-6,9,17H2,1-2H3. The molecule has 0 amide bonds. The number of benzene rings is 1. The van der Waals surface area contributed by atoms with Crippen molar-refractivity contribution in [2.45, 2.75) is 25.8 Å². The number of hydrogen-bond acceptors (Lipinski definition) is 4. The van der Waals surface area contributed by atoms with Gasteiger partial charge in [0.2, 0.25) is 0 Å². The summed E-state index contributed by atoms with van der Waals surface area (Å²) in [5.74, 6) is 0.769. The molecule has 0 saturated carbocycles. The molecule has 1 rings (SSSR count). The molecule has 4 nitrogen and oxygen atoms in total. The molecule has 0 radical (unpaired) electrons. The molecule has 1 aromatic rings. The zero-order valence-electron chi connectivity index (χ0n) is 11.9. The van der Waals surface area contributed by atoms with Crippen molar-refractivity contribution in [2.24, 2.45) is 5.73 Å². The number of methoxy groups -OCH3 is 1. The minimum atomic E-state index is 0.174. The van der Waals surface area contributed by atoms with Gasteiger partial charge in [0, 0.05) is 18.2 Å². The average molecular weight is 366 g/mol. The molecule has 3 N–H and O–H groups in total. The lowest BCUT2D eigenvalue weighted by molar-refractivity contribution is 0.182. The summed E-state index contributed by atoms with van der Waals surface area (Å²) < 4.78 is 11.8. The van der Waals surface area contributed by atoms with Crippen LogP contribution in [-0.2, 0) is 4.74 Å². The van der Waals surface area contributed by atoms with E-state index in [-0.39, 0.29) is 6.04 Å². The van der Waals surface area contributed by atoms with E-state index in [2.05, 4.69) is 21.2 Å². The average Bonchev–Trinajstić information content (AvgIpc) is 2.40. The summed E-state index contributed by atoms with van der Waals surface area (Å²) in [4.78, 5) is 0. The van der Waals surface area contributed by atoms with Gasteiger partial charge in [-0.05, 0) is 54.4 Å². The maximum absolute atomic E-state index is 6.11. The Morgan fingerprint density at radius 1 is 1.45 bits per heavy atom. The first-order valence-corrected chi connectivity index (χ1v) is 7.86. The molecule has 0 aliphatic carbocycles. The first-order chi connectivity index (χ1) is 9.62. The van der Waals surface area contributed by atoms with Gasteiger partial charge in [-0.25, -0.2) is 0 Å². The van der Waals surface area contributed by atoms with Crippen LogP contribution in [0.15, 0.2) is 16.6 Å². The fourth-order valence-corrected chi connectivity index (χ4v) is 2.87. The third kappa shape index (κ3) is 5.48. The second-order valence-electron chi connectivity index (χ2n) is 4.42. The zero-order chi connectivity index (χ0) is 15.0. The van der Waals surface area contributed by atoms with E-state index >= 15 is 0 Å². The van der Waals surface area contributed by atoms with Crippen molar-refractivity contribution in [3.05, 3.63) is 21.6 Å². The summed E-state index contributed by atoms with van der Waals surface area (Å²) in [6.07, 6.45) is 1.87. The SMILES string of the molecule is CCOc1c(Br)cc(Cl)cc1NC(CCCN)COC. The Bertz CT molecular complexity index is 418. The van der Waals surface area contributed by atoms with Gasteiger partial charge in [-0.2, -0.15) is 0 Å². The molecule has 1 unspecified atom stereocenters. The predicted molar refractivity (Wildman–Crippen MR) is 87.9 cm³/mol. The molecular weight excluding hydrogens is 344 g/mol. The van der Waals surface area contributed by atoms with Crippen molar-refractivity contribution >= 4 is 33.2 Å². The van der Waals surface area contributed by atoms with Crippen LogP contribution in [0, 0.1) is 0 Å². The highest BCUT2D eigenvalue weighted by atomic mass is 79.9. The Hall–Kier alpha value is -0.490. The maximum atomic E-state index is 6.11. The van der Waals surface area contributed by atoms with E-state index in [1.165, 1.54) is 0 Å². The summed E-state index contributed by atoms with van der Waals surface area (Å²) in [6, 6.07) is 3.86. The van der Waals surface area contributed by atoms with E-state index in [0.717, 1.165) is 28.8 Å². The third-order valence-electron chi connectivity index (χ3n) is 2.78. The lowest BCUT2D eigenvalue weighted by Crippen LogP contribution is -2.26. The lowest BCUT2D eigenvalue weighted by Gasteiger charge is -2.22. The summed E-state index contributed by atoms with van der Waals surface area (Å²) in [7, 11) is 1.69. The van der Waals surface area contributed by atoms with Crippen molar-refractivity contribution < 1.29 is 9.47 Å². The van der Waals surface area contributed by atoms with Crippen LogP contribution in [0.3, 0.4) is 0 Å². The monoisotopic (exact) mass is 364 g/mol. The van der Waals surface area contributed by atoms with Gasteiger partial charge in [0.1, 0.15) is 0 Å². The highest BCUT2D eigenvalue weighted by Crippen LogP contribution is 2.37. The molecule has 0 aliphatic heterocycles. The molecule has 0 saturated heterocycles. The number of hydrogen-bond donors (Lipinski definition) is 2. The summed E-state index contributed by atoms with van der Waals surface area (Å²) in [6.45, 7) is 3.81. The molecular formula is C14H22BrClN2O2. The predicted octanol–water partition coefficient (Wildman–Crippen LogP) is 3.67. The van der Waals surface area contributed by atoms with Crippen molar-refractivity contribution in [1.82, 2.24) is 0 Å². The molecule has 0 aliphatic rings. The number of nitrogens with two attached hydrogens (primary N) is 1. The molecule has 0 spiro atoms. The van der Waals surface area contributed by atoms with Gasteiger partial charge in [0.15, 0.2) is 5.75 Å². The molecule has 0 heterocycles. The molecule has 6 heteroatoms. The Balaban J connectivity index is 2.91. The summed E-state index contributed by atoms with van der Waals surface area (Å²) in [5, 5.41) is 4.08. The topological polar surface area (TPSA) is 56.5 Å². The Labute approximate surface area is 134 Å². The molecule has 1 aromatic carbocycles. The smallest absolute Gasteiger partial charge is 0.156 e. The normalized spacial score (nSPS) is 12.2. The van der Waals surface area contributed by atoms with E-state index in [1.807, 2.05) is 19.1 Å². The van der Waals surface area contributed by atoms with E-state index in [4.69, 9.17) is 26.8 Å². The van der Waals surface area contributed by atoms with Crippen LogP contribution in [0.2, 0.25) is 5.02 Å². The minimum absolute atomic E-state index is 0.174. The minimum Gasteiger partial charge on any atom is -0.491 e. The van der Waals surface area contributed by atoms with Crippen LogP contribution in [0.25, 0.3) is 0 Å². The summed E-state index contributed by atoms with van der Waals surface area (Å²) in [5.41, 5.74) is 6.44. The highest BCUT2D eigenvalue weighted by Gasteiger charge is 2.14. The quantitative estimate of drug-likeness (QED) is 0.701. The van der Waals surface area contributed by atoms with Crippen LogP contribution in [0.4, 0.5) is 5.69 Å². The number of halogens is 2. The third-order valence-corrected chi connectivity index (χ3v) is 3.59. The molecule has 114 valence electrons. The number of anilines is 1. The van der Waals surface area contributed by atoms with Crippen molar-refractivity contribution in [2.75, 3.05) is 32.2 Å². The lowest BCUT2D eigenvalue weighted by atomic mass is 10.1. The van der Waals surface area contributed by atoms with E-state index in [9.17, 15) is 0 Å². The maximum Gasteiger partial charge on any atom is 0.156 e. The Morgan fingerprint density at radius 3 is 2.80 bits per heavy atom. The van der Waals surface area contributed by atoms with Gasteiger partial charge in [0.25, 0.3) is 0 Å². The summed E-state index contributed by atoms with van der Waals surface area (Å²) >= 11 is 9.59. The van der Waals surface area contributed by atoms with Gasteiger partial charge < -0.3 is 20.5 Å². The van der Waals surface area contributed by atoms with Gasteiger partial charge in [0.05, 0.1) is 23.4 Å². The first kappa shape index (κ1) is 17.6. The molecule has 1 atom stereocenters. The van der Waals surface area contributed by atoms with Gasteiger partial charge in [-0.15, -0.1) is 0 Å². The van der Waals surface area contributed by atoms with Gasteiger partial charge in [-0.3, -0.25) is 0 Å². The number of nitrogens with one attached hydrogen (secondary N) is 1. The second kappa shape index (κ2) is 9.45. The van der Waals surface area contributed by atoms with E-state index < -0.39 is 0 Å². The number of ether oxygens (including phenoxy) is 2. The number of rotatable bonds is 9. The molecule has 0 fully saturated rings. The fourth-order valence-electron chi connectivity index (χ4n) is 1.94. The van der Waals surface area contributed by atoms with Crippen LogP contribution < -0.4 is 15.8 Å². The van der Waals surface area contributed by atoms with Crippen molar-refractivity contribution in [3.63, 3.8) is 0 Å². The molecule has 0 aromatic heterocycles. The molecule has 20 heavy (non-hydrogen) atoms. The van der Waals surface area contributed by atoms with Crippen LogP contribution in [-0.4, -0.2) is 32.9 Å². The van der Waals surface area contributed by atoms with E-state index in [0.29, 0.717) is 24.8 Å². The van der Waals surface area contributed by atoms with Crippen molar-refractivity contribution in [3.8, 4) is 5.75 Å². The van der Waals surface area contributed by atoms with Crippen LogP contribution in [0.1, 0.15) is 19.8 Å². The first-order valence-electron chi connectivity index (χ1n) is 6.69. The fraction of sp³-hybridized carbons (Fsp3) is 0.571. The van der Waals surface area contributed by atoms with Crippen molar-refractivity contribution in [1.29, 1.82) is 0 Å².